The lowest BCUT2D eigenvalue weighted by atomic mass is 9.60. The molecular formula is C19H16FN5. The van der Waals surface area contributed by atoms with Crippen LogP contribution in [0, 0.1) is 51.1 Å². The van der Waals surface area contributed by atoms with Crippen LogP contribution in [0.1, 0.15) is 11.5 Å². The Balaban J connectivity index is 2.35. The fourth-order valence-electron chi connectivity index (χ4n) is 3.86. The highest BCUT2D eigenvalue weighted by molar-refractivity contribution is 5.58. The molecule has 0 amide bonds. The van der Waals surface area contributed by atoms with Gasteiger partial charge < -0.3 is 10.6 Å². The Hall–Kier alpha value is -3.14. The van der Waals surface area contributed by atoms with Crippen molar-refractivity contribution >= 4 is 0 Å². The average Bonchev–Trinajstić information content (AvgIpc) is 2.62. The number of hydrogen-bond acceptors (Lipinski definition) is 5. The lowest BCUT2D eigenvalue weighted by Crippen LogP contribution is -2.46. The normalized spacial score (nSPS) is 25.2. The Labute approximate surface area is 145 Å². The second-order valence-electron chi connectivity index (χ2n) is 6.40. The standard InChI is InChI=1S/C19H16FN5/c1-25-7-6-15-14(9-25)17(12-4-2-3-5-16(12)20)13(8-21)18(24)19(15,10-22)11-23/h2-6,14,17H,7,9,24H2,1H3/t14-,17+/m0/s1. The smallest absolute Gasteiger partial charge is 0.204 e. The van der Waals surface area contributed by atoms with Gasteiger partial charge in [0.15, 0.2) is 0 Å². The summed E-state index contributed by atoms with van der Waals surface area (Å²) >= 11 is 0. The first-order valence-electron chi connectivity index (χ1n) is 7.86. The van der Waals surface area contributed by atoms with Gasteiger partial charge in [-0.05, 0) is 24.3 Å². The molecule has 1 aliphatic heterocycles. The van der Waals surface area contributed by atoms with E-state index in [4.69, 9.17) is 5.73 Å². The van der Waals surface area contributed by atoms with Gasteiger partial charge in [-0.1, -0.05) is 24.3 Å². The lowest BCUT2D eigenvalue weighted by Gasteiger charge is -2.44. The number of nitrogens with two attached hydrogens (primary N) is 1. The number of rotatable bonds is 1. The Morgan fingerprint density at radius 3 is 2.52 bits per heavy atom. The van der Waals surface area contributed by atoms with Crippen LogP contribution in [-0.4, -0.2) is 25.0 Å². The molecule has 0 unspecified atom stereocenters. The molecule has 2 atom stereocenters. The molecule has 0 radical (unpaired) electrons. The summed E-state index contributed by atoms with van der Waals surface area (Å²) in [7, 11) is 1.90. The molecule has 25 heavy (non-hydrogen) atoms. The number of nitrogens with zero attached hydrogens (tertiary/aromatic N) is 4. The third kappa shape index (κ3) is 2.30. The van der Waals surface area contributed by atoms with E-state index in [2.05, 4.69) is 0 Å². The molecule has 2 aliphatic rings. The van der Waals surface area contributed by atoms with Crippen LogP contribution in [0.2, 0.25) is 0 Å². The highest BCUT2D eigenvalue weighted by atomic mass is 19.1. The van der Waals surface area contributed by atoms with Crippen molar-refractivity contribution < 1.29 is 4.39 Å². The molecule has 0 spiro atoms. The predicted octanol–water partition coefficient (Wildman–Crippen LogP) is 2.18. The van der Waals surface area contributed by atoms with E-state index >= 15 is 0 Å². The van der Waals surface area contributed by atoms with Crippen LogP contribution in [0.25, 0.3) is 0 Å². The molecule has 1 aliphatic carbocycles. The number of nitriles is 3. The minimum atomic E-state index is -1.67. The summed E-state index contributed by atoms with van der Waals surface area (Å²) in [5, 5.41) is 29.1. The van der Waals surface area contributed by atoms with E-state index in [0.29, 0.717) is 24.2 Å². The van der Waals surface area contributed by atoms with Crippen molar-refractivity contribution in [3.05, 3.63) is 58.6 Å². The lowest BCUT2D eigenvalue weighted by molar-refractivity contribution is 0.262. The third-order valence-corrected chi connectivity index (χ3v) is 5.07. The summed E-state index contributed by atoms with van der Waals surface area (Å²) in [5.41, 5.74) is 5.42. The molecule has 0 bridgehead atoms. The number of benzene rings is 1. The fourth-order valence-corrected chi connectivity index (χ4v) is 3.86. The van der Waals surface area contributed by atoms with Crippen LogP contribution in [0.4, 0.5) is 4.39 Å². The first-order chi connectivity index (χ1) is 12.0. The zero-order valence-electron chi connectivity index (χ0n) is 13.7. The Kier molecular flexibility index (Phi) is 4.05. The predicted molar refractivity (Wildman–Crippen MR) is 88.7 cm³/mol. The van der Waals surface area contributed by atoms with Crippen molar-refractivity contribution in [2.75, 3.05) is 20.1 Å². The highest BCUT2D eigenvalue weighted by Crippen LogP contribution is 2.52. The number of halogens is 1. The molecule has 124 valence electrons. The summed E-state index contributed by atoms with van der Waals surface area (Å²) < 4.78 is 14.5. The molecule has 1 aromatic carbocycles. The van der Waals surface area contributed by atoms with Crippen LogP contribution in [0.15, 0.2) is 47.2 Å². The quantitative estimate of drug-likeness (QED) is 0.794. The molecule has 1 heterocycles. The maximum Gasteiger partial charge on any atom is 0.204 e. The molecule has 2 N–H and O–H groups in total. The van der Waals surface area contributed by atoms with Crippen molar-refractivity contribution in [2.45, 2.75) is 5.92 Å². The van der Waals surface area contributed by atoms with Gasteiger partial charge in [-0.15, -0.1) is 0 Å². The van der Waals surface area contributed by atoms with Gasteiger partial charge >= 0.3 is 0 Å². The second-order valence-corrected chi connectivity index (χ2v) is 6.40. The van der Waals surface area contributed by atoms with Gasteiger partial charge in [-0.2, -0.15) is 15.8 Å². The Bertz CT molecular complexity index is 895. The van der Waals surface area contributed by atoms with Gasteiger partial charge in [0.05, 0.1) is 29.5 Å². The topological polar surface area (TPSA) is 101 Å². The number of hydrogen-bond donors (Lipinski definition) is 1. The molecule has 0 saturated carbocycles. The van der Waals surface area contributed by atoms with Crippen LogP contribution in [-0.2, 0) is 0 Å². The van der Waals surface area contributed by atoms with E-state index in [1.807, 2.05) is 36.2 Å². The van der Waals surface area contributed by atoms with E-state index < -0.39 is 17.2 Å². The summed E-state index contributed by atoms with van der Waals surface area (Å²) in [6.07, 6.45) is 1.81. The molecule has 6 heteroatoms. The van der Waals surface area contributed by atoms with Crippen molar-refractivity contribution in [3.63, 3.8) is 0 Å². The average molecular weight is 333 g/mol. The van der Waals surface area contributed by atoms with E-state index in [1.165, 1.54) is 6.07 Å². The number of allylic oxidation sites excluding steroid dienone is 2. The number of likely N-dealkylation sites (N-methyl/N-ethyl adjacent to an activating group) is 1. The minimum Gasteiger partial charge on any atom is -0.399 e. The summed E-state index contributed by atoms with van der Waals surface area (Å²) in [5.74, 6) is -1.41. The van der Waals surface area contributed by atoms with Crippen molar-refractivity contribution in [1.82, 2.24) is 4.90 Å². The van der Waals surface area contributed by atoms with E-state index in [1.54, 1.807) is 18.2 Å². The van der Waals surface area contributed by atoms with E-state index in [0.717, 1.165) is 0 Å². The molecule has 3 rings (SSSR count). The van der Waals surface area contributed by atoms with Crippen LogP contribution < -0.4 is 5.73 Å². The first kappa shape index (κ1) is 16.7. The van der Waals surface area contributed by atoms with Gasteiger partial charge in [0.25, 0.3) is 0 Å². The molecule has 5 nitrogen and oxygen atoms in total. The minimum absolute atomic E-state index is 0.0830. The van der Waals surface area contributed by atoms with Gasteiger partial charge in [-0.3, -0.25) is 0 Å². The Morgan fingerprint density at radius 1 is 1.24 bits per heavy atom. The summed E-state index contributed by atoms with van der Waals surface area (Å²) in [6.45, 7) is 1.07. The second kappa shape index (κ2) is 6.06. The maximum absolute atomic E-state index is 14.5. The molecule has 0 saturated heterocycles. The molecule has 0 fully saturated rings. The van der Waals surface area contributed by atoms with Crippen molar-refractivity contribution in [2.24, 2.45) is 17.1 Å². The van der Waals surface area contributed by atoms with E-state index in [-0.39, 0.29) is 17.2 Å². The highest BCUT2D eigenvalue weighted by Gasteiger charge is 2.52. The van der Waals surface area contributed by atoms with E-state index in [9.17, 15) is 20.2 Å². The first-order valence-corrected chi connectivity index (χ1v) is 7.86. The largest absolute Gasteiger partial charge is 0.399 e. The summed E-state index contributed by atoms with van der Waals surface area (Å²) in [6, 6.07) is 12.3. The maximum atomic E-state index is 14.5. The fraction of sp³-hybridized carbons (Fsp3) is 0.316. The van der Waals surface area contributed by atoms with Gasteiger partial charge in [-0.25, -0.2) is 4.39 Å². The third-order valence-electron chi connectivity index (χ3n) is 5.07. The zero-order valence-corrected chi connectivity index (χ0v) is 13.7. The SMILES string of the molecule is CN1CC=C2[C@H](C1)[C@H](c1ccccc1F)C(C#N)=C(N)C2(C#N)C#N. The summed E-state index contributed by atoms with van der Waals surface area (Å²) in [4.78, 5) is 2.01. The Morgan fingerprint density at radius 2 is 1.92 bits per heavy atom. The van der Waals surface area contributed by atoms with Gasteiger partial charge in [0.1, 0.15) is 5.82 Å². The molecule has 1 aromatic rings. The van der Waals surface area contributed by atoms with Crippen molar-refractivity contribution in [1.29, 1.82) is 15.8 Å². The molecular weight excluding hydrogens is 317 g/mol. The van der Waals surface area contributed by atoms with Gasteiger partial charge in [0.2, 0.25) is 5.41 Å². The zero-order chi connectivity index (χ0) is 18.2. The van der Waals surface area contributed by atoms with Gasteiger partial charge in [0, 0.05) is 24.9 Å². The van der Waals surface area contributed by atoms with Crippen molar-refractivity contribution in [3.8, 4) is 18.2 Å². The monoisotopic (exact) mass is 333 g/mol. The number of fused-ring (bicyclic) bond motifs is 1. The van der Waals surface area contributed by atoms with Crippen LogP contribution in [0.3, 0.4) is 0 Å². The molecule has 0 aromatic heterocycles. The van der Waals surface area contributed by atoms with Crippen LogP contribution >= 0.6 is 0 Å². The van der Waals surface area contributed by atoms with Crippen LogP contribution in [0.5, 0.6) is 0 Å².